The zero-order valence-corrected chi connectivity index (χ0v) is 20.0. The van der Waals surface area contributed by atoms with Crippen molar-refractivity contribution in [3.63, 3.8) is 0 Å². The Labute approximate surface area is 197 Å². The number of para-hydroxylation sites is 2. The number of aryl methyl sites for hydroxylation is 1. The van der Waals surface area contributed by atoms with Crippen LogP contribution in [-0.4, -0.2) is 34.6 Å². The lowest BCUT2D eigenvalue weighted by Crippen LogP contribution is -2.47. The summed E-state index contributed by atoms with van der Waals surface area (Å²) in [6.45, 7) is 7.00. The summed E-state index contributed by atoms with van der Waals surface area (Å²) in [6, 6.07) is 17.3. The van der Waals surface area contributed by atoms with Crippen molar-refractivity contribution in [2.24, 2.45) is 11.8 Å². The van der Waals surface area contributed by atoms with E-state index in [1.54, 1.807) is 0 Å². The molecule has 1 aromatic heterocycles. The van der Waals surface area contributed by atoms with Crippen LogP contribution >= 0.6 is 0 Å². The Balaban J connectivity index is 1.31. The Morgan fingerprint density at radius 1 is 1.00 bits per heavy atom. The zero-order chi connectivity index (χ0) is 22.8. The molecule has 174 valence electrons. The van der Waals surface area contributed by atoms with E-state index in [1.165, 1.54) is 35.9 Å². The number of hydrogen-bond donors (Lipinski definition) is 1. The number of piperidine rings is 1. The zero-order valence-electron chi connectivity index (χ0n) is 20.0. The molecule has 5 heteroatoms. The highest BCUT2D eigenvalue weighted by molar-refractivity contribution is 5.80. The van der Waals surface area contributed by atoms with Crippen LogP contribution in [-0.2, 0) is 11.3 Å². The maximum absolute atomic E-state index is 13.0. The Hall–Kier alpha value is -2.82. The van der Waals surface area contributed by atoms with Crippen LogP contribution in [0.1, 0.15) is 56.6 Å². The number of rotatable bonds is 5. The van der Waals surface area contributed by atoms with Crippen LogP contribution in [0.2, 0.25) is 0 Å². The lowest BCUT2D eigenvalue weighted by molar-refractivity contribution is -0.126. The number of nitrogens with one attached hydrogen (secondary N) is 1. The van der Waals surface area contributed by atoms with Gasteiger partial charge in [-0.3, -0.25) is 4.79 Å². The van der Waals surface area contributed by atoms with Crippen molar-refractivity contribution in [3.8, 4) is 0 Å². The standard InChI is InChI=1S/C28H36N4O/c1-20-9-3-5-11-23(20)19-32-26-14-8-7-13-25(26)30-28(32)31-17-15-22(16-18-31)27(33)29-24-12-6-4-10-21(24)2/h3,5,7-9,11,13-14,21-22,24H,4,6,10,12,15-19H2,1-2H3,(H,29,33)/t21-,24+/m1/s1. The first kappa shape index (κ1) is 22.0. The van der Waals surface area contributed by atoms with Gasteiger partial charge >= 0.3 is 0 Å². The van der Waals surface area contributed by atoms with Crippen LogP contribution in [0.5, 0.6) is 0 Å². The number of amides is 1. The SMILES string of the molecule is Cc1ccccc1Cn1c(N2CCC(C(=O)N[C@H]3CCCC[C@H]3C)CC2)nc2ccccc21. The van der Waals surface area contributed by atoms with Gasteiger partial charge < -0.3 is 14.8 Å². The number of fused-ring (bicyclic) bond motifs is 1. The van der Waals surface area contributed by atoms with Crippen molar-refractivity contribution >= 4 is 22.9 Å². The van der Waals surface area contributed by atoms with Gasteiger partial charge in [0.15, 0.2) is 0 Å². The average Bonchev–Trinajstić information content (AvgIpc) is 3.20. The number of carbonyl (C=O) groups excluding carboxylic acids is 1. The number of anilines is 1. The van der Waals surface area contributed by atoms with Crippen molar-refractivity contribution < 1.29 is 4.79 Å². The molecular formula is C28H36N4O. The summed E-state index contributed by atoms with van der Waals surface area (Å²) in [5, 5.41) is 3.39. The molecule has 1 N–H and O–H groups in total. The van der Waals surface area contributed by atoms with Gasteiger partial charge in [0, 0.05) is 25.0 Å². The van der Waals surface area contributed by atoms with E-state index >= 15 is 0 Å². The maximum atomic E-state index is 13.0. The largest absolute Gasteiger partial charge is 0.353 e. The Morgan fingerprint density at radius 3 is 2.52 bits per heavy atom. The third kappa shape index (κ3) is 4.64. The summed E-state index contributed by atoms with van der Waals surface area (Å²) in [4.78, 5) is 20.4. The first-order valence-electron chi connectivity index (χ1n) is 12.7. The molecule has 2 aliphatic rings. The number of aromatic nitrogens is 2. The van der Waals surface area contributed by atoms with Gasteiger partial charge in [0.25, 0.3) is 0 Å². The second kappa shape index (κ2) is 9.58. The molecule has 2 aromatic carbocycles. The molecule has 2 fully saturated rings. The van der Waals surface area contributed by atoms with Gasteiger partial charge in [-0.2, -0.15) is 0 Å². The minimum absolute atomic E-state index is 0.115. The molecule has 1 saturated carbocycles. The van der Waals surface area contributed by atoms with Crippen molar-refractivity contribution in [1.82, 2.24) is 14.9 Å². The molecule has 0 radical (unpaired) electrons. The Morgan fingerprint density at radius 2 is 1.73 bits per heavy atom. The predicted octanol–water partition coefficient (Wildman–Crippen LogP) is 5.30. The molecule has 5 nitrogen and oxygen atoms in total. The van der Waals surface area contributed by atoms with Gasteiger partial charge in [-0.1, -0.05) is 56.2 Å². The average molecular weight is 445 g/mol. The molecule has 1 saturated heterocycles. The van der Waals surface area contributed by atoms with E-state index in [-0.39, 0.29) is 11.8 Å². The summed E-state index contributed by atoms with van der Waals surface area (Å²) in [7, 11) is 0. The van der Waals surface area contributed by atoms with Crippen LogP contribution < -0.4 is 10.2 Å². The minimum atomic E-state index is 0.115. The Bertz CT molecular complexity index is 1110. The summed E-state index contributed by atoms with van der Waals surface area (Å²) < 4.78 is 2.35. The molecule has 0 bridgehead atoms. The lowest BCUT2D eigenvalue weighted by atomic mass is 9.85. The van der Waals surface area contributed by atoms with E-state index in [9.17, 15) is 4.79 Å². The first-order chi connectivity index (χ1) is 16.1. The van der Waals surface area contributed by atoms with Gasteiger partial charge in [-0.25, -0.2) is 4.98 Å². The molecule has 1 aliphatic heterocycles. The molecule has 2 heterocycles. The Kier molecular flexibility index (Phi) is 6.39. The van der Waals surface area contributed by atoms with Gasteiger partial charge in [-0.05, 0) is 61.8 Å². The maximum Gasteiger partial charge on any atom is 0.223 e. The molecule has 1 aliphatic carbocycles. The van der Waals surface area contributed by atoms with Gasteiger partial charge in [0.2, 0.25) is 11.9 Å². The fourth-order valence-corrected chi connectivity index (χ4v) is 5.59. The normalized spacial score (nSPS) is 21.9. The summed E-state index contributed by atoms with van der Waals surface area (Å²) in [6.07, 6.45) is 6.69. The van der Waals surface area contributed by atoms with Gasteiger partial charge in [0.1, 0.15) is 0 Å². The molecule has 0 spiro atoms. The van der Waals surface area contributed by atoms with Crippen LogP contribution in [0.4, 0.5) is 5.95 Å². The van der Waals surface area contributed by atoms with E-state index in [2.05, 4.69) is 77.2 Å². The fraction of sp³-hybridized carbons (Fsp3) is 0.500. The van der Waals surface area contributed by atoms with Crippen LogP contribution in [0.3, 0.4) is 0 Å². The molecule has 5 rings (SSSR count). The number of hydrogen-bond acceptors (Lipinski definition) is 3. The molecule has 0 unspecified atom stereocenters. The van der Waals surface area contributed by atoms with Crippen molar-refractivity contribution in [2.75, 3.05) is 18.0 Å². The van der Waals surface area contributed by atoms with Crippen molar-refractivity contribution in [3.05, 3.63) is 59.7 Å². The van der Waals surface area contributed by atoms with E-state index in [0.717, 1.165) is 50.4 Å². The monoisotopic (exact) mass is 444 g/mol. The van der Waals surface area contributed by atoms with Gasteiger partial charge in [-0.15, -0.1) is 0 Å². The minimum Gasteiger partial charge on any atom is -0.353 e. The number of benzene rings is 2. The predicted molar refractivity (Wildman–Crippen MR) is 135 cm³/mol. The summed E-state index contributed by atoms with van der Waals surface area (Å²) in [5.74, 6) is 2.01. The van der Waals surface area contributed by atoms with E-state index in [1.807, 2.05) is 0 Å². The first-order valence-corrected chi connectivity index (χ1v) is 12.7. The fourth-order valence-electron chi connectivity index (χ4n) is 5.59. The van der Waals surface area contributed by atoms with Crippen LogP contribution in [0, 0.1) is 18.8 Å². The smallest absolute Gasteiger partial charge is 0.223 e. The van der Waals surface area contributed by atoms with Crippen molar-refractivity contribution in [1.29, 1.82) is 0 Å². The molecule has 33 heavy (non-hydrogen) atoms. The highest BCUT2D eigenvalue weighted by Gasteiger charge is 2.30. The quantitative estimate of drug-likeness (QED) is 0.581. The van der Waals surface area contributed by atoms with Crippen LogP contribution in [0.15, 0.2) is 48.5 Å². The third-order valence-corrected chi connectivity index (χ3v) is 7.81. The summed E-state index contributed by atoms with van der Waals surface area (Å²) >= 11 is 0. The van der Waals surface area contributed by atoms with Crippen molar-refractivity contribution in [2.45, 2.75) is 65.0 Å². The number of nitrogens with zero attached hydrogens (tertiary/aromatic N) is 3. The van der Waals surface area contributed by atoms with Gasteiger partial charge in [0.05, 0.1) is 17.6 Å². The molecule has 2 atom stereocenters. The highest BCUT2D eigenvalue weighted by Crippen LogP contribution is 2.29. The van der Waals surface area contributed by atoms with Crippen LogP contribution in [0.25, 0.3) is 11.0 Å². The lowest BCUT2D eigenvalue weighted by Gasteiger charge is -2.35. The number of carbonyl (C=O) groups is 1. The molecule has 1 amide bonds. The second-order valence-corrected chi connectivity index (χ2v) is 10.1. The third-order valence-electron chi connectivity index (χ3n) is 7.81. The second-order valence-electron chi connectivity index (χ2n) is 10.1. The summed E-state index contributed by atoms with van der Waals surface area (Å²) in [5.41, 5.74) is 4.82. The molecule has 3 aromatic rings. The number of imidazole rings is 1. The van der Waals surface area contributed by atoms with E-state index in [4.69, 9.17) is 4.98 Å². The topological polar surface area (TPSA) is 50.2 Å². The van der Waals surface area contributed by atoms with E-state index < -0.39 is 0 Å². The highest BCUT2D eigenvalue weighted by atomic mass is 16.2. The molecular weight excluding hydrogens is 408 g/mol. The van der Waals surface area contributed by atoms with E-state index in [0.29, 0.717) is 12.0 Å².